The molecule has 0 fully saturated rings. The molecule has 0 bridgehead atoms. The summed E-state index contributed by atoms with van der Waals surface area (Å²) in [6, 6.07) is 2.03. The van der Waals surface area contributed by atoms with Crippen molar-refractivity contribution in [2.75, 3.05) is 0 Å². The van der Waals surface area contributed by atoms with E-state index in [0.29, 0.717) is 11.0 Å². The Morgan fingerprint density at radius 3 is 2.32 bits per heavy atom. The first-order chi connectivity index (χ1) is 8.70. The molecule has 0 radical (unpaired) electrons. The molecule has 2 heterocycles. The standard InChI is InChI=1S/C13H13Br2ClN2S/c1-6-7(14)5-8(19-6)12-17-10(13(2,3)4)9(15)11(16)18-12/h5H,1-4H3. The average Bonchev–Trinajstić information content (AvgIpc) is 2.61. The summed E-state index contributed by atoms with van der Waals surface area (Å²) in [5, 5.41) is 0.456. The molecule has 2 nitrogen and oxygen atoms in total. The predicted molar refractivity (Wildman–Crippen MR) is 89.2 cm³/mol. The number of thiophene rings is 1. The molecule has 0 aliphatic rings. The number of halogens is 3. The van der Waals surface area contributed by atoms with Crippen LogP contribution in [-0.2, 0) is 5.41 Å². The Kier molecular flexibility index (Phi) is 4.41. The lowest BCUT2D eigenvalue weighted by Crippen LogP contribution is -2.15. The monoisotopic (exact) mass is 422 g/mol. The quantitative estimate of drug-likeness (QED) is 0.526. The second kappa shape index (κ2) is 5.43. The molecule has 2 aromatic heterocycles. The summed E-state index contributed by atoms with van der Waals surface area (Å²) in [4.78, 5) is 11.3. The fraction of sp³-hybridized carbons (Fsp3) is 0.385. The lowest BCUT2D eigenvalue weighted by Gasteiger charge is -2.20. The van der Waals surface area contributed by atoms with Gasteiger partial charge in [0, 0.05) is 14.8 Å². The normalized spacial score (nSPS) is 11.9. The summed E-state index contributed by atoms with van der Waals surface area (Å²) in [5.74, 6) is 0.678. The molecule has 0 saturated carbocycles. The molecule has 6 heteroatoms. The van der Waals surface area contributed by atoms with Crippen LogP contribution in [-0.4, -0.2) is 9.97 Å². The van der Waals surface area contributed by atoms with Crippen LogP contribution in [0, 0.1) is 6.92 Å². The molecular weight excluding hydrogens is 411 g/mol. The number of hydrogen-bond donors (Lipinski definition) is 0. The van der Waals surface area contributed by atoms with Gasteiger partial charge in [-0.25, -0.2) is 9.97 Å². The van der Waals surface area contributed by atoms with E-state index in [1.165, 1.54) is 4.88 Å². The van der Waals surface area contributed by atoms with Crippen LogP contribution in [0.15, 0.2) is 15.0 Å². The van der Waals surface area contributed by atoms with Crippen molar-refractivity contribution >= 4 is 54.8 Å². The third-order valence-electron chi connectivity index (χ3n) is 2.60. The van der Waals surface area contributed by atoms with Crippen LogP contribution < -0.4 is 0 Å². The van der Waals surface area contributed by atoms with Crippen LogP contribution in [0.5, 0.6) is 0 Å². The highest BCUT2D eigenvalue weighted by molar-refractivity contribution is 9.11. The molecule has 102 valence electrons. The zero-order chi connectivity index (χ0) is 14.4. The highest BCUT2D eigenvalue weighted by Crippen LogP contribution is 2.37. The van der Waals surface area contributed by atoms with E-state index < -0.39 is 0 Å². The molecular formula is C13H13Br2ClN2S. The van der Waals surface area contributed by atoms with E-state index >= 15 is 0 Å². The van der Waals surface area contributed by atoms with Crippen LogP contribution in [0.25, 0.3) is 10.7 Å². The molecule has 0 unspecified atom stereocenters. The number of aromatic nitrogens is 2. The highest BCUT2D eigenvalue weighted by atomic mass is 79.9. The fourth-order valence-electron chi connectivity index (χ4n) is 1.60. The summed E-state index contributed by atoms with van der Waals surface area (Å²) in [7, 11) is 0. The average molecular weight is 425 g/mol. The third-order valence-corrected chi connectivity index (χ3v) is 5.98. The van der Waals surface area contributed by atoms with Gasteiger partial charge in [0.2, 0.25) is 0 Å². The molecule has 19 heavy (non-hydrogen) atoms. The Hall–Kier alpha value is 0.0300. The first kappa shape index (κ1) is 15.4. The topological polar surface area (TPSA) is 25.8 Å². The van der Waals surface area contributed by atoms with E-state index in [-0.39, 0.29) is 5.41 Å². The first-order valence-corrected chi connectivity index (χ1v) is 8.48. The Morgan fingerprint density at radius 2 is 1.84 bits per heavy atom. The molecule has 0 amide bonds. The number of hydrogen-bond acceptors (Lipinski definition) is 3. The van der Waals surface area contributed by atoms with Crippen molar-refractivity contribution in [3.05, 3.63) is 30.7 Å². The van der Waals surface area contributed by atoms with Crippen LogP contribution in [0.3, 0.4) is 0 Å². The Balaban J connectivity index is 2.63. The maximum atomic E-state index is 6.22. The van der Waals surface area contributed by atoms with Crippen LogP contribution in [0.4, 0.5) is 0 Å². The van der Waals surface area contributed by atoms with E-state index in [1.807, 2.05) is 6.07 Å². The largest absolute Gasteiger partial charge is 0.231 e. The van der Waals surface area contributed by atoms with Gasteiger partial charge < -0.3 is 0 Å². The van der Waals surface area contributed by atoms with E-state index in [0.717, 1.165) is 19.5 Å². The van der Waals surface area contributed by atoms with Crippen molar-refractivity contribution in [2.24, 2.45) is 0 Å². The lowest BCUT2D eigenvalue weighted by atomic mass is 9.92. The Morgan fingerprint density at radius 1 is 1.21 bits per heavy atom. The van der Waals surface area contributed by atoms with Crippen LogP contribution in [0.2, 0.25) is 5.15 Å². The van der Waals surface area contributed by atoms with Crippen LogP contribution >= 0.6 is 54.8 Å². The van der Waals surface area contributed by atoms with Crippen molar-refractivity contribution in [3.63, 3.8) is 0 Å². The van der Waals surface area contributed by atoms with Crippen molar-refractivity contribution in [1.82, 2.24) is 9.97 Å². The Labute approximate surface area is 138 Å². The van der Waals surface area contributed by atoms with Gasteiger partial charge in [-0.1, -0.05) is 32.4 Å². The molecule has 0 spiro atoms. The van der Waals surface area contributed by atoms with Gasteiger partial charge in [-0.2, -0.15) is 0 Å². The van der Waals surface area contributed by atoms with Crippen molar-refractivity contribution in [1.29, 1.82) is 0 Å². The first-order valence-electron chi connectivity index (χ1n) is 5.70. The summed E-state index contributed by atoms with van der Waals surface area (Å²) >= 11 is 14.9. The molecule has 2 rings (SSSR count). The van der Waals surface area contributed by atoms with Crippen molar-refractivity contribution in [2.45, 2.75) is 33.1 Å². The molecule has 0 N–H and O–H groups in total. The minimum absolute atomic E-state index is 0.0936. The van der Waals surface area contributed by atoms with Gasteiger partial charge in [-0.3, -0.25) is 0 Å². The smallest absolute Gasteiger partial charge is 0.171 e. The van der Waals surface area contributed by atoms with E-state index in [9.17, 15) is 0 Å². The van der Waals surface area contributed by atoms with Crippen molar-refractivity contribution in [3.8, 4) is 10.7 Å². The maximum Gasteiger partial charge on any atom is 0.171 e. The van der Waals surface area contributed by atoms with Crippen molar-refractivity contribution < 1.29 is 0 Å². The van der Waals surface area contributed by atoms with E-state index in [4.69, 9.17) is 11.6 Å². The lowest BCUT2D eigenvalue weighted by molar-refractivity contribution is 0.564. The molecule has 0 aliphatic carbocycles. The SMILES string of the molecule is Cc1sc(-c2nc(Cl)c(Br)c(C(C)(C)C)n2)cc1Br. The number of rotatable bonds is 1. The minimum atomic E-state index is -0.0936. The van der Waals surface area contributed by atoms with E-state index in [2.05, 4.69) is 69.5 Å². The molecule has 0 aliphatic heterocycles. The minimum Gasteiger partial charge on any atom is -0.231 e. The van der Waals surface area contributed by atoms with Gasteiger partial charge in [0.1, 0.15) is 5.15 Å². The van der Waals surface area contributed by atoms with E-state index in [1.54, 1.807) is 11.3 Å². The van der Waals surface area contributed by atoms with Crippen LogP contribution in [0.1, 0.15) is 31.3 Å². The zero-order valence-electron chi connectivity index (χ0n) is 11.0. The molecule has 2 aromatic rings. The molecule has 0 atom stereocenters. The summed E-state index contributed by atoms with van der Waals surface area (Å²) in [6.45, 7) is 8.38. The summed E-state index contributed by atoms with van der Waals surface area (Å²) in [5.41, 5.74) is 0.827. The zero-order valence-corrected chi connectivity index (χ0v) is 15.8. The molecule has 0 saturated heterocycles. The second-order valence-electron chi connectivity index (χ2n) is 5.27. The highest BCUT2D eigenvalue weighted by Gasteiger charge is 2.23. The van der Waals surface area contributed by atoms with Gasteiger partial charge in [0.05, 0.1) is 15.0 Å². The molecule has 0 aromatic carbocycles. The maximum absolute atomic E-state index is 6.22. The van der Waals surface area contributed by atoms with Gasteiger partial charge in [-0.15, -0.1) is 11.3 Å². The number of aryl methyl sites for hydroxylation is 1. The predicted octanol–water partition coefficient (Wildman–Crippen LogP) is 5.99. The van der Waals surface area contributed by atoms with Gasteiger partial charge in [0.25, 0.3) is 0 Å². The third kappa shape index (κ3) is 3.20. The second-order valence-corrected chi connectivity index (χ2v) is 8.53. The Bertz CT molecular complexity index is 613. The van der Waals surface area contributed by atoms with Gasteiger partial charge >= 0.3 is 0 Å². The summed E-state index contributed by atoms with van der Waals surface area (Å²) in [6.07, 6.45) is 0. The summed E-state index contributed by atoms with van der Waals surface area (Å²) < 4.78 is 1.85. The number of nitrogens with zero attached hydrogens (tertiary/aromatic N) is 2. The fourth-order valence-corrected chi connectivity index (χ4v) is 4.01. The van der Waals surface area contributed by atoms with Gasteiger partial charge in [-0.05, 0) is 44.8 Å². The van der Waals surface area contributed by atoms with Gasteiger partial charge in [0.15, 0.2) is 5.82 Å².